The van der Waals surface area contributed by atoms with E-state index in [9.17, 15) is 22.5 Å². The number of alkyl halides is 3. The van der Waals surface area contributed by atoms with Crippen LogP contribution in [0.4, 0.5) is 13.2 Å². The third-order valence-electron chi connectivity index (χ3n) is 3.64. The first kappa shape index (κ1) is 18.5. The minimum atomic E-state index is -4.77. The summed E-state index contributed by atoms with van der Waals surface area (Å²) in [5, 5.41) is 10.5. The third-order valence-corrected chi connectivity index (χ3v) is 4.76. The van der Waals surface area contributed by atoms with E-state index in [0.29, 0.717) is 12.0 Å². The summed E-state index contributed by atoms with van der Waals surface area (Å²) in [6, 6.07) is 5.39. The largest absolute Gasteiger partial charge is 0.475 e. The molecular weight excluding hydrogens is 341 g/mol. The Hall–Kier alpha value is -1.80. The molecule has 0 saturated carbocycles. The molecule has 1 aromatic heterocycles. The van der Waals surface area contributed by atoms with Crippen LogP contribution in [0.1, 0.15) is 31.1 Å². The Morgan fingerprint density at radius 3 is 2.17 bits per heavy atom. The number of hydrogen-bond acceptors (Lipinski definition) is 4. The number of rotatable bonds is 5. The molecule has 8 heteroatoms. The highest BCUT2D eigenvalue weighted by molar-refractivity contribution is 7.86. The van der Waals surface area contributed by atoms with E-state index < -0.39 is 27.8 Å². The van der Waals surface area contributed by atoms with Crippen molar-refractivity contribution in [2.45, 2.75) is 36.8 Å². The van der Waals surface area contributed by atoms with Gasteiger partial charge in [0.25, 0.3) is 0 Å². The molecule has 0 spiro atoms. The van der Waals surface area contributed by atoms with Crippen molar-refractivity contribution in [3.8, 4) is 0 Å². The number of aliphatic hydroxyl groups is 1. The standard InChI is InChI=1S/C16H17F3N2O2S/c1-15(2,14(22)12-8-20-10-21-9-12)7-11-3-5-13(6-4-11)24(23)16(17,18)19/h3-6,8-10,14,22H,7H2,1-2H3. The van der Waals surface area contributed by atoms with Crippen molar-refractivity contribution >= 4 is 10.8 Å². The Labute approximate surface area is 140 Å². The van der Waals surface area contributed by atoms with Crippen LogP contribution in [0.5, 0.6) is 0 Å². The van der Waals surface area contributed by atoms with Crippen molar-refractivity contribution in [1.29, 1.82) is 0 Å². The molecule has 1 aromatic carbocycles. The highest BCUT2D eigenvalue weighted by Gasteiger charge is 2.38. The zero-order valence-corrected chi connectivity index (χ0v) is 13.9. The maximum atomic E-state index is 12.5. The van der Waals surface area contributed by atoms with Crippen LogP contribution in [0.3, 0.4) is 0 Å². The molecular formula is C16H17F3N2O2S. The molecule has 2 rings (SSSR count). The lowest BCUT2D eigenvalue weighted by molar-refractivity contribution is -0.0384. The summed E-state index contributed by atoms with van der Waals surface area (Å²) < 4.78 is 48.7. The lowest BCUT2D eigenvalue weighted by atomic mass is 9.78. The van der Waals surface area contributed by atoms with Crippen molar-refractivity contribution in [2.75, 3.05) is 0 Å². The smallest absolute Gasteiger partial charge is 0.388 e. The minimum Gasteiger partial charge on any atom is -0.388 e. The Bertz CT molecular complexity index is 704. The third kappa shape index (κ3) is 4.39. The van der Waals surface area contributed by atoms with Gasteiger partial charge >= 0.3 is 5.51 Å². The van der Waals surface area contributed by atoms with Crippen LogP contribution in [0.15, 0.2) is 47.9 Å². The van der Waals surface area contributed by atoms with Crippen LogP contribution >= 0.6 is 0 Å². The Morgan fingerprint density at radius 2 is 1.67 bits per heavy atom. The normalized spacial score (nSPS) is 15.1. The molecule has 0 aliphatic rings. The van der Waals surface area contributed by atoms with Crippen molar-refractivity contribution in [1.82, 2.24) is 9.97 Å². The molecule has 130 valence electrons. The zero-order chi connectivity index (χ0) is 18.0. The maximum absolute atomic E-state index is 12.5. The molecule has 2 atom stereocenters. The van der Waals surface area contributed by atoms with Gasteiger partial charge in [0.2, 0.25) is 0 Å². The number of aliphatic hydroxyl groups excluding tert-OH is 1. The highest BCUT2D eigenvalue weighted by Crippen LogP contribution is 2.36. The first-order valence-electron chi connectivity index (χ1n) is 7.12. The maximum Gasteiger partial charge on any atom is 0.475 e. The van der Waals surface area contributed by atoms with Gasteiger partial charge in [0.15, 0.2) is 10.8 Å². The van der Waals surface area contributed by atoms with Gasteiger partial charge in [-0.15, -0.1) is 0 Å². The van der Waals surface area contributed by atoms with Crippen LogP contribution in [0.25, 0.3) is 0 Å². The SMILES string of the molecule is CC(C)(Cc1ccc(S(=O)C(F)(F)F)cc1)C(O)c1cncnc1. The second-order valence-corrected chi connectivity index (χ2v) is 7.57. The van der Waals surface area contributed by atoms with Gasteiger partial charge in [-0.05, 0) is 29.5 Å². The van der Waals surface area contributed by atoms with Gasteiger partial charge in [-0.1, -0.05) is 26.0 Å². The Balaban J connectivity index is 2.14. The number of halogens is 3. The van der Waals surface area contributed by atoms with Crippen LogP contribution in [-0.2, 0) is 17.2 Å². The molecule has 0 aliphatic heterocycles. The van der Waals surface area contributed by atoms with Crippen LogP contribution in [0.2, 0.25) is 0 Å². The molecule has 2 aromatic rings. The van der Waals surface area contributed by atoms with Crippen LogP contribution in [0, 0.1) is 5.41 Å². The molecule has 0 bridgehead atoms. The van der Waals surface area contributed by atoms with Crippen molar-refractivity contribution in [3.05, 3.63) is 54.1 Å². The molecule has 0 amide bonds. The predicted octanol–water partition coefficient (Wildman–Crippen LogP) is 3.41. The molecule has 0 aliphatic carbocycles. The van der Waals surface area contributed by atoms with Crippen LogP contribution in [-0.4, -0.2) is 24.8 Å². The van der Waals surface area contributed by atoms with E-state index in [4.69, 9.17) is 0 Å². The van der Waals surface area contributed by atoms with Gasteiger partial charge < -0.3 is 5.11 Å². The number of benzene rings is 1. The molecule has 24 heavy (non-hydrogen) atoms. The van der Waals surface area contributed by atoms with Gasteiger partial charge in [0, 0.05) is 22.9 Å². The summed E-state index contributed by atoms with van der Waals surface area (Å²) in [6.07, 6.45) is 4.00. The monoisotopic (exact) mass is 358 g/mol. The summed E-state index contributed by atoms with van der Waals surface area (Å²) in [5.41, 5.74) is -4.06. The Morgan fingerprint density at radius 1 is 1.12 bits per heavy atom. The van der Waals surface area contributed by atoms with E-state index in [0.717, 1.165) is 5.56 Å². The zero-order valence-electron chi connectivity index (χ0n) is 13.1. The van der Waals surface area contributed by atoms with E-state index >= 15 is 0 Å². The van der Waals surface area contributed by atoms with Gasteiger partial charge in [0.05, 0.1) is 6.10 Å². The lowest BCUT2D eigenvalue weighted by Crippen LogP contribution is -2.25. The first-order chi connectivity index (χ1) is 11.1. The highest BCUT2D eigenvalue weighted by atomic mass is 32.2. The van der Waals surface area contributed by atoms with E-state index in [-0.39, 0.29) is 4.90 Å². The van der Waals surface area contributed by atoms with Crippen molar-refractivity contribution < 1.29 is 22.5 Å². The average molecular weight is 358 g/mol. The van der Waals surface area contributed by atoms with E-state index in [1.807, 2.05) is 13.8 Å². The fourth-order valence-corrected chi connectivity index (χ4v) is 3.04. The van der Waals surface area contributed by atoms with Crippen molar-refractivity contribution in [3.63, 3.8) is 0 Å². The molecule has 0 fully saturated rings. The molecule has 4 nitrogen and oxygen atoms in total. The fourth-order valence-electron chi connectivity index (χ4n) is 2.39. The summed E-state index contributed by atoms with van der Waals surface area (Å²) in [5.74, 6) is 0. The van der Waals surface area contributed by atoms with Crippen molar-refractivity contribution in [2.24, 2.45) is 5.41 Å². The second-order valence-electron chi connectivity index (χ2n) is 6.10. The summed E-state index contributed by atoms with van der Waals surface area (Å²) in [4.78, 5) is 7.45. The quantitative estimate of drug-likeness (QED) is 0.890. The molecule has 1 N–H and O–H groups in total. The summed E-state index contributed by atoms with van der Waals surface area (Å²) in [6.45, 7) is 3.68. The minimum absolute atomic E-state index is 0.291. The molecule has 0 saturated heterocycles. The first-order valence-corrected chi connectivity index (χ1v) is 8.27. The van der Waals surface area contributed by atoms with Gasteiger partial charge in [0.1, 0.15) is 6.33 Å². The number of nitrogens with zero attached hydrogens (tertiary/aromatic N) is 2. The van der Waals surface area contributed by atoms with Gasteiger partial charge in [-0.25, -0.2) is 14.2 Å². The predicted molar refractivity (Wildman–Crippen MR) is 83.4 cm³/mol. The molecule has 1 heterocycles. The second kappa shape index (κ2) is 6.98. The van der Waals surface area contributed by atoms with Gasteiger partial charge in [-0.3, -0.25) is 0 Å². The average Bonchev–Trinajstić information content (AvgIpc) is 2.54. The summed E-state index contributed by atoms with van der Waals surface area (Å²) >= 11 is 0. The number of aromatic nitrogens is 2. The van der Waals surface area contributed by atoms with E-state index in [2.05, 4.69) is 9.97 Å². The Kier molecular flexibility index (Phi) is 5.39. The van der Waals surface area contributed by atoms with E-state index in [1.165, 1.54) is 43.0 Å². The van der Waals surface area contributed by atoms with E-state index in [1.54, 1.807) is 0 Å². The van der Waals surface area contributed by atoms with Crippen LogP contribution < -0.4 is 0 Å². The summed E-state index contributed by atoms with van der Waals surface area (Å²) in [7, 11) is -3.04. The lowest BCUT2D eigenvalue weighted by Gasteiger charge is -2.30. The fraction of sp³-hybridized carbons (Fsp3) is 0.375. The molecule has 0 radical (unpaired) electrons. The topological polar surface area (TPSA) is 63.1 Å². The van der Waals surface area contributed by atoms with Gasteiger partial charge in [-0.2, -0.15) is 13.2 Å². The molecule has 2 unspecified atom stereocenters. The number of hydrogen-bond donors (Lipinski definition) is 1.